The maximum absolute atomic E-state index is 11.6. The molecule has 0 radical (unpaired) electrons. The summed E-state index contributed by atoms with van der Waals surface area (Å²) >= 11 is 6.04. The minimum absolute atomic E-state index is 0.0502. The number of Topliss-reactive ketones (excluding diaryl/α,β-unsaturated/α-hetero) is 1. The number of thioether (sulfide) groups is 1. The number of hydrogen-bond donors (Lipinski definition) is 0. The molecule has 0 bridgehead atoms. The first-order chi connectivity index (χ1) is 7.38. The standard InChI is InChI=1S/C9H11BrO3S3/c1-16(12,13)5-4-14-6-7(11)8-2-3-9(10)15-8/h2-3H,4-6H2,1H3. The second-order valence-corrected chi connectivity index (χ2v) is 9.04. The summed E-state index contributed by atoms with van der Waals surface area (Å²) < 4.78 is 22.6. The highest BCUT2D eigenvalue weighted by molar-refractivity contribution is 9.11. The van der Waals surface area contributed by atoms with E-state index in [0.717, 1.165) is 3.79 Å². The van der Waals surface area contributed by atoms with E-state index >= 15 is 0 Å². The van der Waals surface area contributed by atoms with Gasteiger partial charge in [-0.25, -0.2) is 8.42 Å². The average molecular weight is 343 g/mol. The molecule has 0 saturated carbocycles. The molecule has 0 aliphatic carbocycles. The first-order valence-corrected chi connectivity index (χ1v) is 9.25. The van der Waals surface area contributed by atoms with Crippen molar-refractivity contribution in [2.24, 2.45) is 0 Å². The third kappa shape index (κ3) is 5.47. The van der Waals surface area contributed by atoms with Crippen LogP contribution in [-0.2, 0) is 9.84 Å². The molecule has 3 nitrogen and oxygen atoms in total. The van der Waals surface area contributed by atoms with Gasteiger partial charge in [0.15, 0.2) is 5.78 Å². The maximum atomic E-state index is 11.6. The van der Waals surface area contributed by atoms with Gasteiger partial charge in [0, 0.05) is 12.0 Å². The van der Waals surface area contributed by atoms with E-state index in [4.69, 9.17) is 0 Å². The molecule has 0 amide bonds. The summed E-state index contributed by atoms with van der Waals surface area (Å²) in [4.78, 5) is 12.3. The van der Waals surface area contributed by atoms with Gasteiger partial charge in [-0.15, -0.1) is 11.3 Å². The van der Waals surface area contributed by atoms with Gasteiger partial charge >= 0.3 is 0 Å². The van der Waals surface area contributed by atoms with Gasteiger partial charge in [-0.05, 0) is 28.1 Å². The SMILES string of the molecule is CS(=O)(=O)CCSCC(=O)c1ccc(Br)s1. The third-order valence-corrected chi connectivity index (χ3v) is 5.51. The van der Waals surface area contributed by atoms with Crippen molar-refractivity contribution in [3.8, 4) is 0 Å². The van der Waals surface area contributed by atoms with E-state index in [9.17, 15) is 13.2 Å². The van der Waals surface area contributed by atoms with Gasteiger partial charge in [0.1, 0.15) is 9.84 Å². The van der Waals surface area contributed by atoms with Crippen molar-refractivity contribution in [1.82, 2.24) is 0 Å². The summed E-state index contributed by atoms with van der Waals surface area (Å²) in [6.45, 7) is 0. The zero-order valence-corrected chi connectivity index (χ0v) is 12.6. The van der Waals surface area contributed by atoms with Crippen LogP contribution >= 0.6 is 39.0 Å². The minimum atomic E-state index is -2.92. The molecule has 16 heavy (non-hydrogen) atoms. The van der Waals surface area contributed by atoms with Gasteiger partial charge in [-0.1, -0.05) is 0 Å². The van der Waals surface area contributed by atoms with Crippen LogP contribution in [0.4, 0.5) is 0 Å². The van der Waals surface area contributed by atoms with Gasteiger partial charge < -0.3 is 0 Å². The van der Waals surface area contributed by atoms with E-state index in [2.05, 4.69) is 15.9 Å². The van der Waals surface area contributed by atoms with Gasteiger partial charge in [0.2, 0.25) is 0 Å². The number of ketones is 1. The molecule has 0 fully saturated rings. The van der Waals surface area contributed by atoms with Gasteiger partial charge in [0.25, 0.3) is 0 Å². The molecular formula is C9H11BrO3S3. The first kappa shape index (κ1) is 14.2. The fourth-order valence-corrected chi connectivity index (χ4v) is 4.49. The molecule has 0 unspecified atom stereocenters. The van der Waals surface area contributed by atoms with Crippen LogP contribution in [0.1, 0.15) is 9.67 Å². The molecule has 1 rings (SSSR count). The maximum Gasteiger partial charge on any atom is 0.182 e. The van der Waals surface area contributed by atoms with E-state index in [0.29, 0.717) is 16.4 Å². The number of carbonyl (C=O) groups excluding carboxylic acids is 1. The Bertz CT molecular complexity index is 464. The summed E-state index contributed by atoms with van der Waals surface area (Å²) in [5.41, 5.74) is 0. The van der Waals surface area contributed by atoms with Crippen molar-refractivity contribution < 1.29 is 13.2 Å². The van der Waals surface area contributed by atoms with Gasteiger partial charge in [-0.3, -0.25) is 4.79 Å². The first-order valence-electron chi connectivity index (χ1n) is 4.42. The molecule has 1 heterocycles. The van der Waals surface area contributed by atoms with Gasteiger partial charge in [0.05, 0.1) is 20.2 Å². The van der Waals surface area contributed by atoms with Crippen LogP contribution in [0.25, 0.3) is 0 Å². The summed E-state index contributed by atoms with van der Waals surface area (Å²) in [6.07, 6.45) is 1.20. The van der Waals surface area contributed by atoms with Crippen LogP contribution in [0.3, 0.4) is 0 Å². The van der Waals surface area contributed by atoms with Crippen LogP contribution < -0.4 is 0 Å². The Hall–Kier alpha value is 0.150. The number of thiophene rings is 1. The lowest BCUT2D eigenvalue weighted by atomic mass is 10.4. The molecule has 0 aromatic carbocycles. The van der Waals surface area contributed by atoms with Crippen molar-refractivity contribution >= 4 is 54.6 Å². The molecule has 1 aromatic heterocycles. The van der Waals surface area contributed by atoms with Gasteiger partial charge in [-0.2, -0.15) is 11.8 Å². The lowest BCUT2D eigenvalue weighted by molar-refractivity contribution is 0.102. The average Bonchev–Trinajstić information content (AvgIpc) is 2.57. The van der Waals surface area contributed by atoms with E-state index in [-0.39, 0.29) is 11.5 Å². The highest BCUT2D eigenvalue weighted by atomic mass is 79.9. The highest BCUT2D eigenvalue weighted by Gasteiger charge is 2.09. The molecule has 90 valence electrons. The molecule has 0 aliphatic rings. The lowest BCUT2D eigenvalue weighted by Crippen LogP contribution is -2.07. The number of rotatable bonds is 6. The predicted octanol–water partition coefficient (Wildman–Crippen LogP) is 2.47. The van der Waals surface area contributed by atoms with E-state index in [1.165, 1.54) is 29.4 Å². The van der Waals surface area contributed by atoms with E-state index in [1.807, 2.05) is 6.07 Å². The fraction of sp³-hybridized carbons (Fsp3) is 0.444. The van der Waals surface area contributed by atoms with Crippen LogP contribution in [0.2, 0.25) is 0 Å². The number of halogens is 1. The summed E-state index contributed by atoms with van der Waals surface area (Å²) in [6, 6.07) is 3.60. The Labute approximate surface area is 112 Å². The molecule has 0 N–H and O–H groups in total. The Morgan fingerprint density at radius 1 is 1.50 bits per heavy atom. The zero-order chi connectivity index (χ0) is 12.2. The third-order valence-electron chi connectivity index (χ3n) is 1.68. The molecule has 7 heteroatoms. The van der Waals surface area contributed by atoms with Crippen molar-refractivity contribution in [1.29, 1.82) is 0 Å². The molecule has 0 saturated heterocycles. The highest BCUT2D eigenvalue weighted by Crippen LogP contribution is 2.23. The zero-order valence-electron chi connectivity index (χ0n) is 8.60. The quantitative estimate of drug-likeness (QED) is 0.588. The number of carbonyl (C=O) groups is 1. The molecular weight excluding hydrogens is 332 g/mol. The van der Waals surface area contributed by atoms with Crippen LogP contribution in [-0.4, -0.2) is 37.7 Å². The molecule has 0 aliphatic heterocycles. The molecule has 0 atom stereocenters. The smallest absolute Gasteiger partial charge is 0.182 e. The molecule has 0 spiro atoms. The second-order valence-electron chi connectivity index (χ2n) is 3.21. The monoisotopic (exact) mass is 342 g/mol. The number of sulfone groups is 1. The fourth-order valence-electron chi connectivity index (χ4n) is 0.910. The van der Waals surface area contributed by atoms with E-state index in [1.54, 1.807) is 6.07 Å². The molecule has 1 aromatic rings. The lowest BCUT2D eigenvalue weighted by Gasteiger charge is -1.98. The minimum Gasteiger partial charge on any atom is -0.292 e. The predicted molar refractivity (Wildman–Crippen MR) is 73.4 cm³/mol. The normalized spacial score (nSPS) is 11.6. The van der Waals surface area contributed by atoms with Crippen LogP contribution in [0.15, 0.2) is 15.9 Å². The Kier molecular flexibility index (Phi) is 5.49. The summed E-state index contributed by atoms with van der Waals surface area (Å²) in [5, 5.41) is 0. The largest absolute Gasteiger partial charge is 0.292 e. The van der Waals surface area contributed by atoms with Crippen LogP contribution in [0, 0.1) is 0 Å². The topological polar surface area (TPSA) is 51.2 Å². The van der Waals surface area contributed by atoms with Crippen molar-refractivity contribution in [3.63, 3.8) is 0 Å². The van der Waals surface area contributed by atoms with Crippen molar-refractivity contribution in [2.75, 3.05) is 23.5 Å². The summed E-state index contributed by atoms with van der Waals surface area (Å²) in [5.74, 6) is 0.979. The Morgan fingerprint density at radius 3 is 2.69 bits per heavy atom. The second kappa shape index (κ2) is 6.18. The Morgan fingerprint density at radius 2 is 2.19 bits per heavy atom. The van der Waals surface area contributed by atoms with Crippen molar-refractivity contribution in [2.45, 2.75) is 0 Å². The van der Waals surface area contributed by atoms with E-state index < -0.39 is 9.84 Å². The Balaban J connectivity index is 2.31. The van der Waals surface area contributed by atoms with Crippen molar-refractivity contribution in [3.05, 3.63) is 20.8 Å². The summed E-state index contributed by atoms with van der Waals surface area (Å²) in [7, 11) is -2.92. The van der Waals surface area contributed by atoms with Crippen LogP contribution in [0.5, 0.6) is 0 Å². The number of hydrogen-bond acceptors (Lipinski definition) is 5.